The lowest BCUT2D eigenvalue weighted by Crippen LogP contribution is -2.28. The van der Waals surface area contributed by atoms with Gasteiger partial charge >= 0.3 is 5.97 Å². The Labute approximate surface area is 93.2 Å². The fourth-order valence-corrected chi connectivity index (χ4v) is 1.32. The molecule has 0 N–H and O–H groups in total. The number of ether oxygens (including phenoxy) is 1. The average Bonchev–Trinajstić information content (AvgIpc) is 2.15. The lowest BCUT2D eigenvalue weighted by molar-refractivity contribution is -0.671. The van der Waals surface area contributed by atoms with Crippen LogP contribution in [0.1, 0.15) is 10.4 Å². The van der Waals surface area contributed by atoms with Gasteiger partial charge < -0.3 is 9.29 Å². The fraction of sp³-hybridized carbons (Fsp3) is 0.333. The van der Waals surface area contributed by atoms with E-state index in [4.69, 9.17) is 0 Å². The molecule has 1 heterocycles. The number of carbonyl (C=O) groups is 1. The molecule has 7 heteroatoms. The highest BCUT2D eigenvalue weighted by Gasteiger charge is 2.10. The zero-order chi connectivity index (χ0) is 12.2. The first-order valence-corrected chi connectivity index (χ1v) is 6.02. The van der Waals surface area contributed by atoms with Gasteiger partial charge in [-0.25, -0.2) is 17.8 Å². The molecule has 0 aliphatic rings. The Morgan fingerprint density at radius 3 is 2.81 bits per heavy atom. The van der Waals surface area contributed by atoms with E-state index in [2.05, 4.69) is 4.74 Å². The normalized spacial score (nSPS) is 11.1. The van der Waals surface area contributed by atoms with Crippen molar-refractivity contribution in [3.05, 3.63) is 30.1 Å². The van der Waals surface area contributed by atoms with Crippen LogP contribution in [0.2, 0.25) is 0 Å². The van der Waals surface area contributed by atoms with Gasteiger partial charge in [0.05, 0.1) is 15.9 Å². The Morgan fingerprint density at radius 1 is 1.56 bits per heavy atom. The van der Waals surface area contributed by atoms with Crippen LogP contribution in [0.5, 0.6) is 0 Å². The van der Waals surface area contributed by atoms with E-state index in [1.807, 2.05) is 0 Å². The predicted octanol–water partition coefficient (Wildman–Crippen LogP) is -0.787. The molecule has 0 fully saturated rings. The summed E-state index contributed by atoms with van der Waals surface area (Å²) in [6.07, 6.45) is 3.27. The Kier molecular flexibility index (Phi) is 3.97. The number of esters is 1. The predicted molar refractivity (Wildman–Crippen MR) is 52.5 cm³/mol. The van der Waals surface area contributed by atoms with Crippen LogP contribution < -0.4 is 4.57 Å². The summed E-state index contributed by atoms with van der Waals surface area (Å²) in [5.41, 5.74) is 0.299. The molecular weight excluding hydrogens is 234 g/mol. The second kappa shape index (κ2) is 5.04. The second-order valence-electron chi connectivity index (χ2n) is 3.16. The molecule has 0 spiro atoms. The Morgan fingerprint density at radius 2 is 2.25 bits per heavy atom. The van der Waals surface area contributed by atoms with Crippen LogP contribution in [-0.2, 0) is 21.9 Å². The standard InChI is InChI=1S/C9H11NO5S/c1-10-4-2-3-8(7-10)9(11)15-5-6-16(12,13)14/h2-4,7H,5-6H2,1H3. The maximum absolute atomic E-state index is 11.4. The van der Waals surface area contributed by atoms with E-state index in [1.165, 1.54) is 12.3 Å². The molecule has 0 aromatic carbocycles. The third-order valence-electron chi connectivity index (χ3n) is 1.74. The molecule has 16 heavy (non-hydrogen) atoms. The van der Waals surface area contributed by atoms with Gasteiger partial charge in [-0.3, -0.25) is 0 Å². The maximum atomic E-state index is 11.4. The molecule has 0 aliphatic carbocycles. The Hall–Kier alpha value is -1.47. The van der Waals surface area contributed by atoms with E-state index >= 15 is 0 Å². The molecule has 1 aromatic heterocycles. The van der Waals surface area contributed by atoms with Crippen LogP contribution >= 0.6 is 0 Å². The zero-order valence-electron chi connectivity index (χ0n) is 8.62. The number of pyridine rings is 1. The van der Waals surface area contributed by atoms with Crippen molar-refractivity contribution in [1.82, 2.24) is 0 Å². The number of nitrogens with zero attached hydrogens (tertiary/aromatic N) is 1. The minimum absolute atomic E-state index is 0.299. The van der Waals surface area contributed by atoms with Crippen LogP contribution in [0, 0.1) is 0 Å². The van der Waals surface area contributed by atoms with Gasteiger partial charge in [0.25, 0.3) is 0 Å². The SMILES string of the molecule is C[n+]1cccc(C(=O)OCCS(=O)(=O)[O-])c1. The van der Waals surface area contributed by atoms with Crippen molar-refractivity contribution in [2.24, 2.45) is 7.05 Å². The van der Waals surface area contributed by atoms with E-state index < -0.39 is 28.4 Å². The molecule has 1 aromatic rings. The minimum atomic E-state index is -4.34. The van der Waals surface area contributed by atoms with Gasteiger partial charge in [0.1, 0.15) is 19.2 Å². The number of carbonyl (C=O) groups excluding carboxylic acids is 1. The number of hydrogen-bond acceptors (Lipinski definition) is 5. The monoisotopic (exact) mass is 245 g/mol. The first-order valence-electron chi connectivity index (χ1n) is 4.44. The van der Waals surface area contributed by atoms with Gasteiger partial charge in [-0.15, -0.1) is 0 Å². The molecule has 0 saturated carbocycles. The van der Waals surface area contributed by atoms with Crippen molar-refractivity contribution in [2.45, 2.75) is 0 Å². The summed E-state index contributed by atoms with van der Waals surface area (Å²) in [5, 5.41) is 0. The summed E-state index contributed by atoms with van der Waals surface area (Å²) < 4.78 is 37.0. The van der Waals surface area contributed by atoms with Crippen molar-refractivity contribution in [3.63, 3.8) is 0 Å². The molecule has 0 radical (unpaired) electrons. The van der Waals surface area contributed by atoms with Crippen molar-refractivity contribution in [3.8, 4) is 0 Å². The van der Waals surface area contributed by atoms with E-state index in [9.17, 15) is 17.8 Å². The maximum Gasteiger partial charge on any atom is 0.344 e. The van der Waals surface area contributed by atoms with Gasteiger partial charge in [-0.05, 0) is 6.07 Å². The van der Waals surface area contributed by atoms with Gasteiger partial charge in [-0.1, -0.05) is 0 Å². The van der Waals surface area contributed by atoms with Crippen LogP contribution in [0.15, 0.2) is 24.5 Å². The van der Waals surface area contributed by atoms with Crippen LogP contribution in [0.4, 0.5) is 0 Å². The topological polar surface area (TPSA) is 87.4 Å². The minimum Gasteiger partial charge on any atom is -0.748 e. The number of hydrogen-bond donors (Lipinski definition) is 0. The quantitative estimate of drug-likeness (QED) is 0.394. The molecule has 0 saturated heterocycles. The first-order chi connectivity index (χ1) is 7.38. The summed E-state index contributed by atoms with van der Waals surface area (Å²) in [5.74, 6) is -1.36. The number of rotatable bonds is 4. The van der Waals surface area contributed by atoms with Crippen molar-refractivity contribution >= 4 is 16.1 Å². The fourth-order valence-electron chi connectivity index (χ4n) is 1.03. The van der Waals surface area contributed by atoms with Gasteiger partial charge in [-0.2, -0.15) is 0 Å². The number of aromatic nitrogens is 1. The summed E-state index contributed by atoms with van der Waals surface area (Å²) >= 11 is 0. The van der Waals surface area contributed by atoms with Crippen LogP contribution in [-0.4, -0.2) is 31.3 Å². The zero-order valence-corrected chi connectivity index (χ0v) is 9.44. The second-order valence-corrected chi connectivity index (χ2v) is 4.68. The largest absolute Gasteiger partial charge is 0.748 e. The number of aryl methyl sites for hydroxylation is 1. The Balaban J connectivity index is 2.54. The van der Waals surface area contributed by atoms with E-state index in [0.717, 1.165) is 0 Å². The first kappa shape index (κ1) is 12.6. The highest BCUT2D eigenvalue weighted by atomic mass is 32.2. The molecule has 0 unspecified atom stereocenters. The third-order valence-corrected chi connectivity index (χ3v) is 2.41. The van der Waals surface area contributed by atoms with Crippen molar-refractivity contribution < 1.29 is 27.1 Å². The van der Waals surface area contributed by atoms with Gasteiger partial charge in [0, 0.05) is 6.07 Å². The molecule has 0 bridgehead atoms. The van der Waals surface area contributed by atoms with E-state index in [1.54, 1.807) is 23.9 Å². The highest BCUT2D eigenvalue weighted by Crippen LogP contribution is 1.98. The lowest BCUT2D eigenvalue weighted by atomic mass is 10.3. The summed E-state index contributed by atoms with van der Waals surface area (Å²) in [6.45, 7) is -0.427. The average molecular weight is 245 g/mol. The molecule has 6 nitrogen and oxygen atoms in total. The van der Waals surface area contributed by atoms with Gasteiger partial charge in [0.2, 0.25) is 0 Å². The van der Waals surface area contributed by atoms with Crippen LogP contribution in [0.3, 0.4) is 0 Å². The summed E-state index contributed by atoms with van der Waals surface area (Å²) in [7, 11) is -2.61. The van der Waals surface area contributed by atoms with Crippen LogP contribution in [0.25, 0.3) is 0 Å². The third kappa shape index (κ3) is 4.37. The molecular formula is C9H11NO5S. The molecule has 0 atom stereocenters. The molecule has 0 amide bonds. The molecule has 88 valence electrons. The Bertz CT molecular complexity index is 482. The van der Waals surface area contributed by atoms with Gasteiger partial charge in [0.15, 0.2) is 12.4 Å². The molecule has 1 rings (SSSR count). The van der Waals surface area contributed by atoms with Crippen molar-refractivity contribution in [2.75, 3.05) is 12.4 Å². The highest BCUT2D eigenvalue weighted by molar-refractivity contribution is 7.85. The smallest absolute Gasteiger partial charge is 0.344 e. The lowest BCUT2D eigenvalue weighted by Gasteiger charge is -2.06. The van der Waals surface area contributed by atoms with Crippen molar-refractivity contribution in [1.29, 1.82) is 0 Å². The molecule has 0 aliphatic heterocycles. The summed E-state index contributed by atoms with van der Waals surface area (Å²) in [4.78, 5) is 11.4. The van der Waals surface area contributed by atoms with E-state index in [0.29, 0.717) is 5.56 Å². The van der Waals surface area contributed by atoms with E-state index in [-0.39, 0.29) is 0 Å². The summed E-state index contributed by atoms with van der Waals surface area (Å²) in [6, 6.07) is 3.19.